The van der Waals surface area contributed by atoms with Crippen LogP contribution in [0.1, 0.15) is 11.4 Å². The molecule has 0 amide bonds. The molecule has 2 rings (SSSR count). The third-order valence-electron chi connectivity index (χ3n) is 1.85. The van der Waals surface area contributed by atoms with Gasteiger partial charge in [0.2, 0.25) is 0 Å². The van der Waals surface area contributed by atoms with Crippen LogP contribution in [0.3, 0.4) is 0 Å². The largest absolute Gasteiger partial charge is 0.390 e. The minimum Gasteiger partial charge on any atom is -0.390 e. The van der Waals surface area contributed by atoms with E-state index in [9.17, 15) is 0 Å². The number of nitrogens with one attached hydrogen (secondary N) is 1. The van der Waals surface area contributed by atoms with Gasteiger partial charge in [0, 0.05) is 12.4 Å². The van der Waals surface area contributed by atoms with E-state index >= 15 is 0 Å². The average Bonchev–Trinajstić information content (AvgIpc) is 2.76. The van der Waals surface area contributed by atoms with E-state index in [1.807, 2.05) is 6.07 Å². The van der Waals surface area contributed by atoms with E-state index in [0.717, 1.165) is 11.4 Å². The number of aromatic amines is 1. The summed E-state index contributed by atoms with van der Waals surface area (Å²) in [6.07, 6.45) is 3.36. The van der Waals surface area contributed by atoms with Gasteiger partial charge in [-0.25, -0.2) is 0 Å². The summed E-state index contributed by atoms with van der Waals surface area (Å²) < 4.78 is 1.73. The second-order valence-corrected chi connectivity index (χ2v) is 2.72. The fourth-order valence-electron chi connectivity index (χ4n) is 1.17. The Morgan fingerprint density at radius 1 is 1.38 bits per heavy atom. The van der Waals surface area contributed by atoms with Gasteiger partial charge in [-0.2, -0.15) is 10.2 Å². The lowest BCUT2D eigenvalue weighted by Crippen LogP contribution is -2.06. The normalized spacial score (nSPS) is 10.5. The van der Waals surface area contributed by atoms with E-state index in [4.69, 9.17) is 5.11 Å². The van der Waals surface area contributed by atoms with E-state index in [2.05, 4.69) is 15.3 Å². The summed E-state index contributed by atoms with van der Waals surface area (Å²) in [6, 6.07) is 3.67. The molecule has 0 saturated heterocycles. The summed E-state index contributed by atoms with van der Waals surface area (Å²) in [4.78, 5) is 0. The molecule has 0 bridgehead atoms. The standard InChI is InChI=1S/C8H10N4O/c13-6-8-2-4-10-12(8)5-7-1-3-9-11-7/h1-4,13H,5-6H2,(H,9,11). The number of hydrogen-bond donors (Lipinski definition) is 2. The zero-order valence-corrected chi connectivity index (χ0v) is 7.01. The Hall–Kier alpha value is -1.62. The highest BCUT2D eigenvalue weighted by atomic mass is 16.3. The van der Waals surface area contributed by atoms with Gasteiger partial charge in [-0.05, 0) is 12.1 Å². The molecule has 0 atom stereocenters. The SMILES string of the molecule is OCc1ccnn1Cc1ccn[nH]1. The first kappa shape index (κ1) is 8.00. The molecule has 0 aliphatic heterocycles. The number of rotatable bonds is 3. The van der Waals surface area contributed by atoms with Crippen LogP contribution in [0, 0.1) is 0 Å². The number of aliphatic hydroxyl groups excluding tert-OH is 1. The van der Waals surface area contributed by atoms with Crippen molar-refractivity contribution in [3.8, 4) is 0 Å². The second-order valence-electron chi connectivity index (χ2n) is 2.72. The van der Waals surface area contributed by atoms with Gasteiger partial charge in [0.05, 0.1) is 24.5 Å². The molecule has 0 aromatic carbocycles. The highest BCUT2D eigenvalue weighted by Gasteiger charge is 2.01. The lowest BCUT2D eigenvalue weighted by molar-refractivity contribution is 0.269. The van der Waals surface area contributed by atoms with Crippen molar-refractivity contribution in [1.82, 2.24) is 20.0 Å². The first-order valence-electron chi connectivity index (χ1n) is 4.00. The zero-order chi connectivity index (χ0) is 9.10. The van der Waals surface area contributed by atoms with Gasteiger partial charge >= 0.3 is 0 Å². The average molecular weight is 178 g/mol. The summed E-state index contributed by atoms with van der Waals surface area (Å²) in [7, 11) is 0. The predicted octanol–water partition coefficient (Wildman–Crippen LogP) is 0.147. The van der Waals surface area contributed by atoms with Gasteiger partial charge in [-0.15, -0.1) is 0 Å². The van der Waals surface area contributed by atoms with Crippen LogP contribution in [-0.4, -0.2) is 25.1 Å². The Bertz CT molecular complexity index is 365. The second kappa shape index (κ2) is 3.40. The minimum atomic E-state index is 0.00807. The van der Waals surface area contributed by atoms with Gasteiger partial charge in [0.25, 0.3) is 0 Å². The quantitative estimate of drug-likeness (QED) is 0.702. The Kier molecular flexibility index (Phi) is 2.09. The molecule has 0 aliphatic carbocycles. The van der Waals surface area contributed by atoms with Gasteiger partial charge in [0.1, 0.15) is 0 Å². The number of aliphatic hydroxyl groups is 1. The van der Waals surface area contributed by atoms with Gasteiger partial charge in [-0.1, -0.05) is 0 Å². The molecule has 5 heteroatoms. The molecule has 13 heavy (non-hydrogen) atoms. The summed E-state index contributed by atoms with van der Waals surface area (Å²) in [6.45, 7) is 0.622. The van der Waals surface area contributed by atoms with Gasteiger partial charge in [0.15, 0.2) is 0 Å². The Morgan fingerprint density at radius 3 is 3.00 bits per heavy atom. The number of H-pyrrole nitrogens is 1. The minimum absolute atomic E-state index is 0.00807. The summed E-state index contributed by atoms with van der Waals surface area (Å²) >= 11 is 0. The highest BCUT2D eigenvalue weighted by Crippen LogP contribution is 2.02. The molecule has 0 spiro atoms. The molecule has 5 nitrogen and oxygen atoms in total. The lowest BCUT2D eigenvalue weighted by atomic mass is 10.4. The maximum Gasteiger partial charge on any atom is 0.0850 e. The molecule has 0 aliphatic rings. The third-order valence-corrected chi connectivity index (χ3v) is 1.85. The molecule has 0 radical (unpaired) electrons. The molecule has 2 aromatic heterocycles. The van der Waals surface area contributed by atoms with Crippen LogP contribution in [0.5, 0.6) is 0 Å². The molecular weight excluding hydrogens is 168 g/mol. The zero-order valence-electron chi connectivity index (χ0n) is 7.01. The van der Waals surface area contributed by atoms with E-state index in [0.29, 0.717) is 6.54 Å². The van der Waals surface area contributed by atoms with Crippen molar-refractivity contribution in [3.63, 3.8) is 0 Å². The van der Waals surface area contributed by atoms with Crippen LogP contribution in [0.2, 0.25) is 0 Å². The Balaban J connectivity index is 2.18. The topological polar surface area (TPSA) is 66.7 Å². The molecule has 0 saturated carbocycles. The maximum atomic E-state index is 8.95. The maximum absolute atomic E-state index is 8.95. The van der Waals surface area contributed by atoms with Gasteiger partial charge in [-0.3, -0.25) is 9.78 Å². The Morgan fingerprint density at radius 2 is 2.31 bits per heavy atom. The van der Waals surface area contributed by atoms with Gasteiger partial charge < -0.3 is 5.11 Å². The summed E-state index contributed by atoms with van der Waals surface area (Å²) in [5.74, 6) is 0. The van der Waals surface area contributed by atoms with Crippen molar-refractivity contribution < 1.29 is 5.11 Å². The smallest absolute Gasteiger partial charge is 0.0850 e. The number of nitrogens with zero attached hydrogens (tertiary/aromatic N) is 3. The number of aromatic nitrogens is 4. The number of hydrogen-bond acceptors (Lipinski definition) is 3. The molecule has 68 valence electrons. The van der Waals surface area contributed by atoms with Crippen molar-refractivity contribution >= 4 is 0 Å². The molecular formula is C8H10N4O. The fourth-order valence-corrected chi connectivity index (χ4v) is 1.17. The van der Waals surface area contributed by atoms with Crippen LogP contribution in [0.25, 0.3) is 0 Å². The Labute approximate surface area is 75.0 Å². The van der Waals surface area contributed by atoms with Crippen LogP contribution in [0.4, 0.5) is 0 Å². The first-order chi connectivity index (χ1) is 6.40. The molecule has 2 aromatic rings. The molecule has 2 heterocycles. The predicted molar refractivity (Wildman–Crippen MR) is 45.8 cm³/mol. The first-order valence-corrected chi connectivity index (χ1v) is 4.00. The summed E-state index contributed by atoms with van der Waals surface area (Å²) in [5.41, 5.74) is 1.77. The third kappa shape index (κ3) is 1.59. The van der Waals surface area contributed by atoms with Crippen molar-refractivity contribution in [3.05, 3.63) is 35.9 Å². The molecule has 0 fully saturated rings. The summed E-state index contributed by atoms with van der Waals surface area (Å²) in [5, 5.41) is 19.7. The fraction of sp³-hybridized carbons (Fsp3) is 0.250. The van der Waals surface area contributed by atoms with Crippen molar-refractivity contribution in [2.75, 3.05) is 0 Å². The van der Waals surface area contributed by atoms with Crippen molar-refractivity contribution in [2.24, 2.45) is 0 Å². The van der Waals surface area contributed by atoms with Crippen molar-refractivity contribution in [1.29, 1.82) is 0 Å². The van der Waals surface area contributed by atoms with E-state index in [1.165, 1.54) is 0 Å². The van der Waals surface area contributed by atoms with E-state index in [-0.39, 0.29) is 6.61 Å². The molecule has 0 unspecified atom stereocenters. The lowest BCUT2D eigenvalue weighted by Gasteiger charge is -2.02. The van der Waals surface area contributed by atoms with Crippen molar-refractivity contribution in [2.45, 2.75) is 13.2 Å². The van der Waals surface area contributed by atoms with E-state index in [1.54, 1.807) is 23.1 Å². The highest BCUT2D eigenvalue weighted by molar-refractivity contribution is 5.04. The van der Waals surface area contributed by atoms with Crippen LogP contribution < -0.4 is 0 Å². The van der Waals surface area contributed by atoms with Crippen LogP contribution >= 0.6 is 0 Å². The van der Waals surface area contributed by atoms with E-state index < -0.39 is 0 Å². The monoisotopic (exact) mass is 178 g/mol. The van der Waals surface area contributed by atoms with Crippen LogP contribution in [-0.2, 0) is 13.2 Å². The van der Waals surface area contributed by atoms with Crippen LogP contribution in [0.15, 0.2) is 24.5 Å². The molecule has 2 N–H and O–H groups in total.